The van der Waals surface area contributed by atoms with Crippen molar-refractivity contribution in [3.8, 4) is 5.75 Å². The third-order valence-electron chi connectivity index (χ3n) is 6.83. The summed E-state index contributed by atoms with van der Waals surface area (Å²) >= 11 is 0. The van der Waals surface area contributed by atoms with Crippen molar-refractivity contribution in [2.24, 2.45) is 5.92 Å². The lowest BCUT2D eigenvalue weighted by atomic mass is 9.74. The van der Waals surface area contributed by atoms with E-state index in [2.05, 4.69) is 4.90 Å². The van der Waals surface area contributed by atoms with E-state index in [4.69, 9.17) is 9.47 Å². The second-order valence-corrected chi connectivity index (χ2v) is 9.34. The van der Waals surface area contributed by atoms with Gasteiger partial charge in [-0.05, 0) is 77.6 Å². The molecule has 0 N–H and O–H groups in total. The third-order valence-corrected chi connectivity index (χ3v) is 6.83. The predicted molar refractivity (Wildman–Crippen MR) is 115 cm³/mol. The fourth-order valence-electron chi connectivity index (χ4n) is 5.14. The fraction of sp³-hybridized carbons (Fsp3) is 0.667. The first-order chi connectivity index (χ1) is 14.4. The molecule has 6 nitrogen and oxygen atoms in total. The first-order valence-electron chi connectivity index (χ1n) is 11.4. The lowest BCUT2D eigenvalue weighted by molar-refractivity contribution is -0.137. The molecular formula is C24H34N2O4. The summed E-state index contributed by atoms with van der Waals surface area (Å²) in [6.07, 6.45) is 5.51. The van der Waals surface area contributed by atoms with Crippen molar-refractivity contribution in [3.63, 3.8) is 0 Å². The van der Waals surface area contributed by atoms with Gasteiger partial charge in [-0.25, -0.2) is 4.79 Å². The monoisotopic (exact) mass is 414 g/mol. The first kappa shape index (κ1) is 21.2. The van der Waals surface area contributed by atoms with E-state index in [1.165, 1.54) is 12.8 Å². The average Bonchev–Trinajstić information content (AvgIpc) is 3.33. The molecule has 6 heteroatoms. The number of hydrogen-bond donors (Lipinski definition) is 0. The molecule has 0 bridgehead atoms. The number of amides is 1. The van der Waals surface area contributed by atoms with E-state index in [9.17, 15) is 9.59 Å². The van der Waals surface area contributed by atoms with Gasteiger partial charge in [-0.3, -0.25) is 4.79 Å². The lowest BCUT2D eigenvalue weighted by Gasteiger charge is -2.37. The molecule has 4 rings (SSSR count). The Kier molecular flexibility index (Phi) is 6.05. The molecule has 3 aliphatic rings. The van der Waals surface area contributed by atoms with E-state index < -0.39 is 5.60 Å². The van der Waals surface area contributed by atoms with Gasteiger partial charge in [0.2, 0.25) is 5.91 Å². The van der Waals surface area contributed by atoms with Gasteiger partial charge in [0.05, 0.1) is 11.7 Å². The summed E-state index contributed by atoms with van der Waals surface area (Å²) in [5.41, 5.74) is 0.991. The minimum atomic E-state index is -0.576. The van der Waals surface area contributed by atoms with Gasteiger partial charge in [0, 0.05) is 31.6 Å². The van der Waals surface area contributed by atoms with Crippen LogP contribution in [0.15, 0.2) is 18.2 Å². The Labute approximate surface area is 179 Å². The van der Waals surface area contributed by atoms with Crippen LogP contribution in [0.3, 0.4) is 0 Å². The van der Waals surface area contributed by atoms with E-state index in [0.29, 0.717) is 24.2 Å². The second kappa shape index (κ2) is 8.58. The number of likely N-dealkylation sites (N-methyl/N-ethyl adjacent to an activating group) is 1. The smallest absolute Gasteiger partial charge is 0.339 e. The number of carbonyl (C=O) groups excluding carboxylic acids is 2. The first-order valence-corrected chi connectivity index (χ1v) is 11.4. The molecule has 1 saturated heterocycles. The largest absolute Gasteiger partial charge is 0.491 e. The van der Waals surface area contributed by atoms with Crippen LogP contribution < -0.4 is 4.74 Å². The van der Waals surface area contributed by atoms with Crippen LogP contribution in [0, 0.1) is 5.92 Å². The number of rotatable bonds is 6. The SMILES string of the molecule is CC(C)Oc1ccc2c(c1)C(=O)O[C@]21CC[C@H](C(=O)N(C)CCN2CCCC2)CC1. The van der Waals surface area contributed by atoms with Gasteiger partial charge in [0.15, 0.2) is 0 Å². The molecule has 1 aromatic carbocycles. The zero-order valence-corrected chi connectivity index (χ0v) is 18.5. The Balaban J connectivity index is 1.37. The summed E-state index contributed by atoms with van der Waals surface area (Å²) in [5.74, 6) is 0.674. The summed E-state index contributed by atoms with van der Waals surface area (Å²) < 4.78 is 11.6. The van der Waals surface area contributed by atoms with Crippen molar-refractivity contribution in [3.05, 3.63) is 29.3 Å². The van der Waals surface area contributed by atoms with Crippen LogP contribution in [0.5, 0.6) is 5.75 Å². The summed E-state index contributed by atoms with van der Waals surface area (Å²) in [5, 5.41) is 0. The third kappa shape index (κ3) is 4.20. The van der Waals surface area contributed by atoms with Gasteiger partial charge in [-0.15, -0.1) is 0 Å². The fourth-order valence-corrected chi connectivity index (χ4v) is 5.14. The molecule has 1 amide bonds. The van der Waals surface area contributed by atoms with Crippen LogP contribution in [0.1, 0.15) is 68.3 Å². The van der Waals surface area contributed by atoms with Crippen LogP contribution in [0.2, 0.25) is 0 Å². The summed E-state index contributed by atoms with van der Waals surface area (Å²) in [6.45, 7) is 7.99. The van der Waals surface area contributed by atoms with Gasteiger partial charge < -0.3 is 19.3 Å². The number of ether oxygens (including phenoxy) is 2. The Morgan fingerprint density at radius 2 is 1.97 bits per heavy atom. The highest BCUT2D eigenvalue weighted by Gasteiger charge is 2.48. The van der Waals surface area contributed by atoms with Crippen LogP contribution in [0.25, 0.3) is 0 Å². The predicted octanol–water partition coefficient (Wildman–Crippen LogP) is 3.58. The average molecular weight is 415 g/mol. The number of nitrogens with zero attached hydrogens (tertiary/aromatic N) is 2. The van der Waals surface area contributed by atoms with E-state index in [-0.39, 0.29) is 23.9 Å². The standard InChI is InChI=1S/C24H34N2O4/c1-17(2)29-19-6-7-21-20(16-19)23(28)30-24(21)10-8-18(9-11-24)22(27)25(3)14-15-26-12-4-5-13-26/h6-7,16-18H,4-5,8-15H2,1-3H3/t18-,24-. The molecule has 2 aliphatic heterocycles. The summed E-state index contributed by atoms with van der Waals surface area (Å²) in [6, 6.07) is 5.70. The normalized spacial score (nSPS) is 26.1. The Morgan fingerprint density at radius 1 is 1.27 bits per heavy atom. The molecule has 1 aliphatic carbocycles. The van der Waals surface area contributed by atoms with Crippen LogP contribution >= 0.6 is 0 Å². The van der Waals surface area contributed by atoms with Gasteiger partial charge in [0.1, 0.15) is 11.4 Å². The lowest BCUT2D eigenvalue weighted by Crippen LogP contribution is -2.41. The van der Waals surface area contributed by atoms with Crippen molar-refractivity contribution in [2.75, 3.05) is 33.2 Å². The number of hydrogen-bond acceptors (Lipinski definition) is 5. The van der Waals surface area contributed by atoms with E-state index in [0.717, 1.165) is 44.6 Å². The van der Waals surface area contributed by atoms with E-state index >= 15 is 0 Å². The number of esters is 1. The quantitative estimate of drug-likeness (QED) is 0.666. The molecule has 0 aromatic heterocycles. The highest BCUT2D eigenvalue weighted by Crippen LogP contribution is 2.49. The van der Waals surface area contributed by atoms with Crippen LogP contribution in [-0.4, -0.2) is 61.0 Å². The van der Waals surface area contributed by atoms with Gasteiger partial charge in [-0.1, -0.05) is 6.07 Å². The van der Waals surface area contributed by atoms with E-state index in [1.54, 1.807) is 6.07 Å². The van der Waals surface area contributed by atoms with Crippen LogP contribution in [0.4, 0.5) is 0 Å². The summed E-state index contributed by atoms with van der Waals surface area (Å²) in [4.78, 5) is 29.8. The molecular weight excluding hydrogens is 380 g/mol. The molecule has 0 atom stereocenters. The number of benzene rings is 1. The van der Waals surface area contributed by atoms with Crippen LogP contribution in [-0.2, 0) is 15.1 Å². The van der Waals surface area contributed by atoms with Crippen molar-refractivity contribution in [2.45, 2.75) is 64.1 Å². The molecule has 0 unspecified atom stereocenters. The molecule has 1 saturated carbocycles. The van der Waals surface area contributed by atoms with Gasteiger partial charge in [0.25, 0.3) is 0 Å². The molecule has 1 spiro atoms. The van der Waals surface area contributed by atoms with Gasteiger partial charge >= 0.3 is 5.97 Å². The molecule has 2 fully saturated rings. The van der Waals surface area contributed by atoms with Crippen molar-refractivity contribution >= 4 is 11.9 Å². The Hall–Kier alpha value is -2.08. The maximum atomic E-state index is 12.9. The maximum Gasteiger partial charge on any atom is 0.339 e. The molecule has 0 radical (unpaired) electrons. The van der Waals surface area contributed by atoms with E-state index in [1.807, 2.05) is 37.9 Å². The summed E-state index contributed by atoms with van der Waals surface area (Å²) in [7, 11) is 1.92. The highest BCUT2D eigenvalue weighted by molar-refractivity contribution is 5.95. The minimum Gasteiger partial charge on any atom is -0.491 e. The Bertz CT molecular complexity index is 792. The highest BCUT2D eigenvalue weighted by atomic mass is 16.6. The minimum absolute atomic E-state index is 0.0190. The molecule has 1 aromatic rings. The van der Waals surface area contributed by atoms with Crippen molar-refractivity contribution in [1.82, 2.24) is 9.80 Å². The Morgan fingerprint density at radius 3 is 2.63 bits per heavy atom. The number of carbonyl (C=O) groups is 2. The molecule has 30 heavy (non-hydrogen) atoms. The number of fused-ring (bicyclic) bond motifs is 2. The molecule has 164 valence electrons. The maximum absolute atomic E-state index is 12.9. The van der Waals surface area contributed by atoms with Crippen molar-refractivity contribution in [1.29, 1.82) is 0 Å². The second-order valence-electron chi connectivity index (χ2n) is 9.34. The van der Waals surface area contributed by atoms with Crippen molar-refractivity contribution < 1.29 is 19.1 Å². The zero-order valence-electron chi connectivity index (χ0n) is 18.5. The molecule has 2 heterocycles. The zero-order chi connectivity index (χ0) is 21.3. The van der Waals surface area contributed by atoms with Gasteiger partial charge in [-0.2, -0.15) is 0 Å². The number of likely N-dealkylation sites (tertiary alicyclic amines) is 1. The topological polar surface area (TPSA) is 59.1 Å².